The van der Waals surface area contributed by atoms with Crippen molar-refractivity contribution in [2.24, 2.45) is 4.99 Å². The molecule has 1 aliphatic rings. The molecule has 0 aliphatic carbocycles. The second kappa shape index (κ2) is 15.8. The maximum absolute atomic E-state index is 5.53. The summed E-state index contributed by atoms with van der Waals surface area (Å²) in [6, 6.07) is 79.4. The molecule has 0 saturated heterocycles. The van der Waals surface area contributed by atoms with Gasteiger partial charge >= 0.3 is 0 Å². The van der Waals surface area contributed by atoms with E-state index in [-0.39, 0.29) is 0 Å². The number of allylic oxidation sites excluding steroid dienone is 2. The van der Waals surface area contributed by atoms with Crippen molar-refractivity contribution in [1.82, 2.24) is 9.13 Å². The number of halogens is 1. The van der Waals surface area contributed by atoms with E-state index >= 15 is 0 Å². The highest BCUT2D eigenvalue weighted by Crippen LogP contribution is 2.39. The molecule has 11 aromatic rings. The Morgan fingerprint density at radius 2 is 0.762 bits per heavy atom. The molecular weight excluding hydrogens is 878 g/mol. The quantitative estimate of drug-likeness (QED) is 0.112. The Balaban J connectivity index is 0.943. The highest BCUT2D eigenvalue weighted by molar-refractivity contribution is 14.2. The van der Waals surface area contributed by atoms with Crippen LogP contribution in [0.15, 0.2) is 236 Å². The van der Waals surface area contributed by atoms with E-state index in [0.717, 1.165) is 25.1 Å². The monoisotopic (exact) mass is 917 g/mol. The fourth-order valence-electron chi connectivity index (χ4n) is 9.27. The number of benzene rings is 9. The summed E-state index contributed by atoms with van der Waals surface area (Å²) in [6.45, 7) is 0. The first-order valence-corrected chi connectivity index (χ1v) is 24.0. The summed E-state index contributed by atoms with van der Waals surface area (Å²) < 4.78 is 7.03. The molecule has 4 heteroatoms. The molecule has 63 heavy (non-hydrogen) atoms. The molecule has 12 rings (SSSR count). The van der Waals surface area contributed by atoms with Gasteiger partial charge < -0.3 is 4.57 Å². The minimum Gasteiger partial charge on any atom is -0.309 e. The molecule has 0 amide bonds. The maximum atomic E-state index is 5.53. The molecule has 298 valence electrons. The van der Waals surface area contributed by atoms with Crippen LogP contribution in [0.4, 0.5) is 0 Å². The summed E-state index contributed by atoms with van der Waals surface area (Å²) in [7, 11) is 0. The van der Waals surface area contributed by atoms with Crippen LogP contribution < -0.4 is 0 Å². The Labute approximate surface area is 376 Å². The Kier molecular flexibility index (Phi) is 9.37. The number of hydrogen-bond acceptors (Lipinski definition) is 1. The molecular formula is C59H40IN3. The third kappa shape index (κ3) is 6.75. The second-order valence-corrected chi connectivity index (χ2v) is 18.7. The number of nitrogens with zero attached hydrogens (tertiary/aromatic N) is 3. The summed E-state index contributed by atoms with van der Waals surface area (Å²) in [6.07, 6.45) is 4.55. The topological polar surface area (TPSA) is 22.2 Å². The van der Waals surface area contributed by atoms with Crippen LogP contribution in [0.5, 0.6) is 0 Å². The molecule has 0 unspecified atom stereocenters. The Hall–Kier alpha value is -7.41. The maximum Gasteiger partial charge on any atom is 0.167 e. The molecule has 3 heterocycles. The van der Waals surface area contributed by atoms with Gasteiger partial charge in [0, 0.05) is 37.2 Å². The normalized spacial score (nSPS) is 13.0. The SMILES string of the molecule is C1=CC(c2cccc(-c3ccc(-c4ccccc4)cc3)c2)=NC(n2c3ccccc3c3cc(-c4ccc5c(c4)c4cc(-c6ccccc6)ccc4n5-c4ccccc4)ccc32)=IC1. The van der Waals surface area contributed by atoms with E-state index in [2.05, 4.69) is 240 Å². The van der Waals surface area contributed by atoms with Gasteiger partial charge in [-0.2, -0.15) is 0 Å². The van der Waals surface area contributed by atoms with Gasteiger partial charge in [0.15, 0.2) is 3.76 Å². The van der Waals surface area contributed by atoms with E-state index in [9.17, 15) is 0 Å². The first kappa shape index (κ1) is 37.4. The first-order valence-electron chi connectivity index (χ1n) is 21.4. The van der Waals surface area contributed by atoms with Gasteiger partial charge in [-0.25, -0.2) is 4.99 Å². The van der Waals surface area contributed by atoms with Gasteiger partial charge in [0.2, 0.25) is 0 Å². The van der Waals surface area contributed by atoms with Crippen molar-refractivity contribution in [2.75, 3.05) is 4.43 Å². The summed E-state index contributed by atoms with van der Waals surface area (Å²) in [5, 5.41) is 4.98. The zero-order valence-electron chi connectivity index (χ0n) is 34.4. The number of para-hydroxylation sites is 2. The highest BCUT2D eigenvalue weighted by Gasteiger charge is 2.19. The fourth-order valence-corrected chi connectivity index (χ4v) is 11.5. The van der Waals surface area contributed by atoms with Gasteiger partial charge in [-0.05, 0) is 111 Å². The van der Waals surface area contributed by atoms with Crippen molar-refractivity contribution >= 4 is 73.8 Å². The van der Waals surface area contributed by atoms with Gasteiger partial charge in [-0.3, -0.25) is 4.57 Å². The lowest BCUT2D eigenvalue weighted by Crippen LogP contribution is -2.10. The number of fused-ring (bicyclic) bond motifs is 6. The van der Waals surface area contributed by atoms with Crippen LogP contribution in [-0.2, 0) is 0 Å². The minimum absolute atomic E-state index is 0.403. The average Bonchev–Trinajstić information content (AvgIpc) is 3.74. The van der Waals surface area contributed by atoms with Gasteiger partial charge in [-0.15, -0.1) is 0 Å². The Morgan fingerprint density at radius 3 is 1.41 bits per heavy atom. The van der Waals surface area contributed by atoms with Crippen molar-refractivity contribution in [3.05, 3.63) is 236 Å². The standard InChI is InChI=1S/C59H40IN3/c1-4-14-40(15-5-1)42-25-27-43(28-26-42)44-18-12-19-48(36-44)54-23-13-35-60-59(61-54)63-55-24-11-10-22-50(55)51-38-46(31-34-58(51)63)47-30-33-57-53(39-47)52-37-45(41-16-6-2-7-17-41)29-32-56(52)62(57)49-20-8-3-9-21-49/h1-34,36-39H,35H2. The van der Waals surface area contributed by atoms with Crippen LogP contribution in [-0.4, -0.2) is 23.0 Å². The van der Waals surface area contributed by atoms with Crippen LogP contribution in [0.3, 0.4) is 0 Å². The summed E-state index contributed by atoms with van der Waals surface area (Å²) in [5.41, 5.74) is 17.8. The van der Waals surface area contributed by atoms with Crippen LogP contribution >= 0.6 is 20.7 Å². The van der Waals surface area contributed by atoms with Crippen LogP contribution in [0, 0.1) is 0 Å². The van der Waals surface area contributed by atoms with Crippen molar-refractivity contribution in [1.29, 1.82) is 0 Å². The summed E-state index contributed by atoms with van der Waals surface area (Å²) >= 11 is -0.403. The minimum atomic E-state index is -0.403. The van der Waals surface area contributed by atoms with Gasteiger partial charge in [0.1, 0.15) is 0 Å². The second-order valence-electron chi connectivity index (χ2n) is 16.1. The van der Waals surface area contributed by atoms with Gasteiger partial charge in [0.05, 0.1) is 27.8 Å². The summed E-state index contributed by atoms with van der Waals surface area (Å²) in [5.74, 6) is 0. The van der Waals surface area contributed by atoms with E-state index in [1.165, 1.54) is 88.1 Å². The first-order chi connectivity index (χ1) is 31.2. The number of hydrogen-bond donors (Lipinski definition) is 0. The molecule has 0 N–H and O–H groups in total. The van der Waals surface area contributed by atoms with E-state index in [4.69, 9.17) is 4.99 Å². The lowest BCUT2D eigenvalue weighted by atomic mass is 9.98. The predicted molar refractivity (Wildman–Crippen MR) is 277 cm³/mol. The number of alkyl halides is 1. The summed E-state index contributed by atoms with van der Waals surface area (Å²) in [4.78, 5) is 5.53. The van der Waals surface area contributed by atoms with Crippen molar-refractivity contribution in [3.8, 4) is 50.2 Å². The van der Waals surface area contributed by atoms with Crippen molar-refractivity contribution in [2.45, 2.75) is 0 Å². The molecule has 0 atom stereocenters. The number of aliphatic imine (C=N–C) groups is 1. The molecule has 0 fully saturated rings. The smallest absolute Gasteiger partial charge is 0.167 e. The third-order valence-electron chi connectivity index (χ3n) is 12.3. The molecule has 1 aliphatic heterocycles. The van der Waals surface area contributed by atoms with Crippen LogP contribution in [0.25, 0.3) is 93.8 Å². The Bertz CT molecular complexity index is 3610. The molecule has 0 radical (unpaired) electrons. The van der Waals surface area contributed by atoms with Crippen LogP contribution in [0.1, 0.15) is 5.56 Å². The van der Waals surface area contributed by atoms with E-state index < -0.39 is 20.7 Å². The molecule has 9 aromatic carbocycles. The molecule has 3 nitrogen and oxygen atoms in total. The lowest BCUT2D eigenvalue weighted by Gasteiger charge is -2.11. The van der Waals surface area contributed by atoms with Crippen molar-refractivity contribution in [3.63, 3.8) is 0 Å². The van der Waals surface area contributed by atoms with Gasteiger partial charge in [0.25, 0.3) is 0 Å². The fraction of sp³-hybridized carbons (Fsp3) is 0.0169. The van der Waals surface area contributed by atoms with E-state index in [1.54, 1.807) is 0 Å². The number of aromatic nitrogens is 2. The van der Waals surface area contributed by atoms with Crippen LogP contribution in [0.2, 0.25) is 0 Å². The number of rotatable bonds is 7. The molecule has 0 saturated carbocycles. The van der Waals surface area contributed by atoms with E-state index in [0.29, 0.717) is 0 Å². The predicted octanol–water partition coefficient (Wildman–Crippen LogP) is 15.5. The third-order valence-corrected chi connectivity index (χ3v) is 14.7. The zero-order chi connectivity index (χ0) is 41.7. The zero-order valence-corrected chi connectivity index (χ0v) is 36.5. The average molecular weight is 918 g/mol. The molecule has 0 spiro atoms. The molecule has 0 bridgehead atoms. The largest absolute Gasteiger partial charge is 0.309 e. The van der Waals surface area contributed by atoms with Gasteiger partial charge in [-0.1, -0.05) is 185 Å². The van der Waals surface area contributed by atoms with Crippen molar-refractivity contribution < 1.29 is 0 Å². The van der Waals surface area contributed by atoms with E-state index in [1.807, 2.05) is 0 Å². The molecule has 2 aromatic heterocycles. The lowest BCUT2D eigenvalue weighted by molar-refractivity contribution is 1.18. The highest BCUT2D eigenvalue weighted by atomic mass is 127. The Morgan fingerprint density at radius 1 is 0.333 bits per heavy atom.